The number of pyridine rings is 1. The predicted molar refractivity (Wildman–Crippen MR) is 115 cm³/mol. The lowest BCUT2D eigenvalue weighted by molar-refractivity contribution is 0.229. The summed E-state index contributed by atoms with van der Waals surface area (Å²) in [6, 6.07) is 8.14. The minimum Gasteiger partial charge on any atom is -0.314 e. The number of nitrogens with one attached hydrogen (secondary N) is 1. The van der Waals surface area contributed by atoms with Gasteiger partial charge in [-0.2, -0.15) is 5.10 Å². The van der Waals surface area contributed by atoms with Crippen LogP contribution in [0.1, 0.15) is 19.3 Å². The topological polar surface area (TPSA) is 46.0 Å². The summed E-state index contributed by atoms with van der Waals surface area (Å²) in [4.78, 5) is 8.16. The average Bonchev–Trinajstić information content (AvgIpc) is 3.11. The molecule has 0 bridgehead atoms. The normalized spacial score (nSPS) is 16.5. The number of benzene rings is 1. The molecule has 0 amide bonds. The largest absolute Gasteiger partial charge is 0.314 e. The van der Waals surface area contributed by atoms with Crippen molar-refractivity contribution in [3.63, 3.8) is 0 Å². The molecule has 0 spiro atoms. The zero-order valence-corrected chi connectivity index (χ0v) is 17.4. The van der Waals surface area contributed by atoms with Gasteiger partial charge in [0.15, 0.2) is 0 Å². The van der Waals surface area contributed by atoms with Crippen LogP contribution in [0.2, 0.25) is 5.02 Å². The molecule has 28 heavy (non-hydrogen) atoms. The second-order valence-corrected chi connectivity index (χ2v) is 8.86. The molecule has 0 radical (unpaired) electrons. The van der Waals surface area contributed by atoms with Crippen LogP contribution >= 0.6 is 23.4 Å². The fourth-order valence-electron chi connectivity index (χ4n) is 4.15. The van der Waals surface area contributed by atoms with Gasteiger partial charge in [-0.25, -0.2) is 4.98 Å². The van der Waals surface area contributed by atoms with E-state index < -0.39 is 0 Å². The molecular weight excluding hydrogens is 390 g/mol. The van der Waals surface area contributed by atoms with Gasteiger partial charge >= 0.3 is 0 Å². The zero-order valence-electron chi connectivity index (χ0n) is 15.8. The molecule has 5 rings (SSSR count). The molecule has 2 aliphatic heterocycles. The van der Waals surface area contributed by atoms with Crippen LogP contribution in [0.15, 0.2) is 40.4 Å². The number of halogens is 1. The third-order valence-corrected chi connectivity index (χ3v) is 7.18. The van der Waals surface area contributed by atoms with E-state index in [9.17, 15) is 0 Å². The van der Waals surface area contributed by atoms with E-state index in [1.54, 1.807) is 11.8 Å². The van der Waals surface area contributed by atoms with Gasteiger partial charge in [0.25, 0.3) is 0 Å². The van der Waals surface area contributed by atoms with Crippen LogP contribution in [0.5, 0.6) is 0 Å². The molecule has 3 aromatic rings. The second kappa shape index (κ2) is 8.03. The molecule has 1 fully saturated rings. The van der Waals surface area contributed by atoms with Crippen molar-refractivity contribution in [2.75, 3.05) is 32.7 Å². The first kappa shape index (κ1) is 18.4. The Hall–Kier alpha value is -1.60. The van der Waals surface area contributed by atoms with Crippen molar-refractivity contribution in [2.24, 2.45) is 0 Å². The number of rotatable bonds is 6. The molecule has 146 valence electrons. The molecule has 2 aliphatic rings. The maximum Gasteiger partial charge on any atom is 0.110 e. The first-order chi connectivity index (χ1) is 13.8. The van der Waals surface area contributed by atoms with Crippen molar-refractivity contribution >= 4 is 34.3 Å². The Balaban J connectivity index is 1.32. The maximum absolute atomic E-state index is 6.50. The SMILES string of the molecule is Clc1ccc2c3c(nn2CCNCCN2CCCCC2)-c2cccnc2Sc13. The number of likely N-dealkylation sites (tertiary alicyclic amines) is 1. The molecule has 1 N–H and O–H groups in total. The number of aromatic nitrogens is 3. The van der Waals surface area contributed by atoms with Gasteiger partial charge in [0.1, 0.15) is 10.7 Å². The van der Waals surface area contributed by atoms with Gasteiger partial charge < -0.3 is 10.2 Å². The van der Waals surface area contributed by atoms with Crippen molar-refractivity contribution in [3.05, 3.63) is 35.5 Å². The van der Waals surface area contributed by atoms with Crippen LogP contribution in [-0.4, -0.2) is 52.4 Å². The van der Waals surface area contributed by atoms with Crippen LogP contribution < -0.4 is 5.32 Å². The standard InChI is InChI=1S/C21H24ClN5S/c22-16-6-7-17-18-19(15-5-4-8-24-21(15)28-20(16)18)25-27(17)14-10-23-9-13-26-11-2-1-3-12-26/h4-8,23H,1-3,9-14H2. The van der Waals surface area contributed by atoms with E-state index in [2.05, 4.69) is 32.0 Å². The lowest BCUT2D eigenvalue weighted by atomic mass is 10.1. The minimum atomic E-state index is 0.772. The zero-order chi connectivity index (χ0) is 18.9. The number of hydrogen-bond acceptors (Lipinski definition) is 5. The van der Waals surface area contributed by atoms with Gasteiger partial charge in [0.2, 0.25) is 0 Å². The van der Waals surface area contributed by atoms with Crippen LogP contribution in [0, 0.1) is 0 Å². The molecule has 0 atom stereocenters. The summed E-state index contributed by atoms with van der Waals surface area (Å²) < 4.78 is 2.11. The summed E-state index contributed by atoms with van der Waals surface area (Å²) in [5.41, 5.74) is 3.25. The van der Waals surface area contributed by atoms with E-state index in [4.69, 9.17) is 16.7 Å². The highest BCUT2D eigenvalue weighted by Gasteiger charge is 2.26. The van der Waals surface area contributed by atoms with Crippen LogP contribution in [0.3, 0.4) is 0 Å². The number of fused-ring (bicyclic) bond motifs is 2. The first-order valence-corrected chi connectivity index (χ1v) is 11.3. The third-order valence-electron chi connectivity index (χ3n) is 5.60. The summed E-state index contributed by atoms with van der Waals surface area (Å²) >= 11 is 8.15. The summed E-state index contributed by atoms with van der Waals surface area (Å²) in [5.74, 6) is 0. The van der Waals surface area contributed by atoms with Crippen molar-refractivity contribution in [1.82, 2.24) is 25.0 Å². The molecule has 4 heterocycles. The molecule has 0 aliphatic carbocycles. The Kier molecular flexibility index (Phi) is 5.28. The number of hydrogen-bond donors (Lipinski definition) is 1. The molecule has 0 unspecified atom stereocenters. The summed E-state index contributed by atoms with van der Waals surface area (Å²) in [5, 5.41) is 11.4. The van der Waals surface area contributed by atoms with E-state index in [1.807, 2.05) is 18.3 Å². The third kappa shape index (κ3) is 3.43. The Bertz CT molecular complexity index is 996. The van der Waals surface area contributed by atoms with E-state index in [0.717, 1.165) is 63.3 Å². The van der Waals surface area contributed by atoms with Gasteiger partial charge in [-0.3, -0.25) is 4.68 Å². The van der Waals surface area contributed by atoms with E-state index in [1.165, 1.54) is 32.4 Å². The fourth-order valence-corrected chi connectivity index (χ4v) is 5.48. The first-order valence-electron chi connectivity index (χ1n) is 10.1. The van der Waals surface area contributed by atoms with E-state index >= 15 is 0 Å². The molecule has 2 aromatic heterocycles. The Morgan fingerprint density at radius 1 is 1.07 bits per heavy atom. The monoisotopic (exact) mass is 413 g/mol. The summed E-state index contributed by atoms with van der Waals surface area (Å²) in [6.45, 7) is 6.44. The quantitative estimate of drug-likeness (QED) is 0.478. The van der Waals surface area contributed by atoms with E-state index in [0.29, 0.717) is 0 Å². The fraction of sp³-hybridized carbons (Fsp3) is 0.429. The average molecular weight is 414 g/mol. The van der Waals surface area contributed by atoms with Crippen LogP contribution in [0.4, 0.5) is 0 Å². The number of piperidine rings is 1. The molecule has 7 heteroatoms. The lowest BCUT2D eigenvalue weighted by Gasteiger charge is -2.26. The molecule has 5 nitrogen and oxygen atoms in total. The Morgan fingerprint density at radius 2 is 1.93 bits per heavy atom. The highest BCUT2D eigenvalue weighted by molar-refractivity contribution is 7.99. The number of nitrogens with zero attached hydrogens (tertiary/aromatic N) is 4. The van der Waals surface area contributed by atoms with Crippen molar-refractivity contribution in [1.29, 1.82) is 0 Å². The van der Waals surface area contributed by atoms with Crippen molar-refractivity contribution < 1.29 is 0 Å². The van der Waals surface area contributed by atoms with Gasteiger partial charge in [-0.15, -0.1) is 0 Å². The van der Waals surface area contributed by atoms with E-state index in [-0.39, 0.29) is 0 Å². The maximum atomic E-state index is 6.50. The molecular formula is C21H24ClN5S. The summed E-state index contributed by atoms with van der Waals surface area (Å²) in [6.07, 6.45) is 5.91. The van der Waals surface area contributed by atoms with Crippen molar-refractivity contribution in [2.45, 2.75) is 35.7 Å². The van der Waals surface area contributed by atoms with Gasteiger partial charge in [0.05, 0.1) is 17.1 Å². The summed E-state index contributed by atoms with van der Waals surface area (Å²) in [7, 11) is 0. The second-order valence-electron chi connectivity index (χ2n) is 7.45. The van der Waals surface area contributed by atoms with Gasteiger partial charge in [-0.05, 0) is 50.2 Å². The predicted octanol–water partition coefficient (Wildman–Crippen LogP) is 4.29. The lowest BCUT2D eigenvalue weighted by Crippen LogP contribution is -2.36. The molecule has 1 aromatic carbocycles. The van der Waals surface area contributed by atoms with Crippen LogP contribution in [0.25, 0.3) is 22.2 Å². The van der Waals surface area contributed by atoms with Crippen molar-refractivity contribution in [3.8, 4) is 11.3 Å². The molecule has 0 saturated carbocycles. The highest BCUT2D eigenvalue weighted by Crippen LogP contribution is 2.49. The molecule has 1 saturated heterocycles. The highest BCUT2D eigenvalue weighted by atomic mass is 35.5. The smallest absolute Gasteiger partial charge is 0.110 e. The Morgan fingerprint density at radius 3 is 2.82 bits per heavy atom. The van der Waals surface area contributed by atoms with Crippen LogP contribution in [-0.2, 0) is 6.54 Å². The minimum absolute atomic E-state index is 0.772. The Labute approximate surface area is 174 Å². The van der Waals surface area contributed by atoms with Gasteiger partial charge in [-0.1, -0.05) is 29.8 Å². The van der Waals surface area contributed by atoms with Gasteiger partial charge in [0, 0.05) is 41.7 Å².